The number of fused-ring (bicyclic) bond motifs is 2. The Morgan fingerprint density at radius 2 is 1.80 bits per heavy atom. The van der Waals surface area contributed by atoms with Crippen LogP contribution in [0, 0.1) is 6.92 Å². The molecule has 3 aliphatic rings. The molecule has 5 heterocycles. The molecule has 0 atom stereocenters. The van der Waals surface area contributed by atoms with Crippen molar-refractivity contribution in [3.8, 4) is 0 Å². The number of rotatable bonds is 8. The second-order valence-electron chi connectivity index (χ2n) is 13.0. The Morgan fingerprint density at radius 3 is 2.53 bits per heavy atom. The number of nitrogens with two attached hydrogens (primary N) is 1. The lowest BCUT2D eigenvalue weighted by Gasteiger charge is -2.42. The SMILES string of the molecule is C=C(CN1C(C)=C(N2CCN(C(=C)c3ncnc(N)c3C)CC2)C(=C)n2nc(C3=CCCCC3)nc21)Nc1ccc(C(F)(F)F)c2cccnc12. The highest BCUT2D eigenvalue weighted by Crippen LogP contribution is 2.39. The van der Waals surface area contributed by atoms with Gasteiger partial charge in [0.2, 0.25) is 5.95 Å². The Hall–Kier alpha value is -5.66. The molecule has 4 aromatic rings. The maximum Gasteiger partial charge on any atom is 0.417 e. The number of piperazine rings is 1. The third-order valence-electron chi connectivity index (χ3n) is 9.80. The van der Waals surface area contributed by atoms with E-state index in [2.05, 4.69) is 55.9 Å². The first-order valence-corrected chi connectivity index (χ1v) is 16.9. The lowest BCUT2D eigenvalue weighted by atomic mass is 9.99. The zero-order chi connectivity index (χ0) is 36.0. The second-order valence-corrected chi connectivity index (χ2v) is 13.0. The number of anilines is 3. The van der Waals surface area contributed by atoms with Crippen molar-refractivity contribution >= 4 is 45.3 Å². The first-order valence-electron chi connectivity index (χ1n) is 16.9. The molecule has 1 aliphatic carbocycles. The molecular formula is C37H40F3N11. The number of nitrogen functional groups attached to an aromatic ring is 1. The number of pyridine rings is 1. The Labute approximate surface area is 294 Å². The van der Waals surface area contributed by atoms with Crippen molar-refractivity contribution in [1.82, 2.24) is 39.5 Å². The Balaban J connectivity index is 1.18. The van der Waals surface area contributed by atoms with E-state index in [1.165, 1.54) is 30.7 Å². The number of hydrogen-bond donors (Lipinski definition) is 2. The number of benzene rings is 1. The normalized spacial score (nSPS) is 16.8. The van der Waals surface area contributed by atoms with Crippen LogP contribution < -0.4 is 16.0 Å². The van der Waals surface area contributed by atoms with Gasteiger partial charge in [-0.1, -0.05) is 31.9 Å². The first kappa shape index (κ1) is 33.8. The average Bonchev–Trinajstić information content (AvgIpc) is 3.57. The number of hydrogen-bond acceptors (Lipinski definition) is 10. The molecule has 3 aromatic heterocycles. The molecule has 0 unspecified atom stereocenters. The number of allylic oxidation sites excluding steroid dienone is 4. The van der Waals surface area contributed by atoms with Gasteiger partial charge in [0.1, 0.15) is 12.1 Å². The molecule has 0 saturated carbocycles. The summed E-state index contributed by atoms with van der Waals surface area (Å²) >= 11 is 0. The van der Waals surface area contributed by atoms with Gasteiger partial charge in [-0.05, 0) is 63.3 Å². The zero-order valence-electron chi connectivity index (χ0n) is 28.8. The van der Waals surface area contributed by atoms with Gasteiger partial charge in [-0.2, -0.15) is 22.8 Å². The summed E-state index contributed by atoms with van der Waals surface area (Å²) in [5.74, 6) is 1.71. The van der Waals surface area contributed by atoms with E-state index in [0.29, 0.717) is 55.2 Å². The van der Waals surface area contributed by atoms with Crippen LogP contribution in [0.4, 0.5) is 30.6 Å². The second kappa shape index (κ2) is 13.2. The van der Waals surface area contributed by atoms with Gasteiger partial charge in [0, 0.05) is 54.7 Å². The molecule has 14 heteroatoms. The van der Waals surface area contributed by atoms with Crippen LogP contribution in [0.1, 0.15) is 55.3 Å². The largest absolute Gasteiger partial charge is 0.417 e. The van der Waals surface area contributed by atoms with Crippen LogP contribution in [0.3, 0.4) is 0 Å². The van der Waals surface area contributed by atoms with Crippen molar-refractivity contribution in [1.29, 1.82) is 0 Å². The Kier molecular flexibility index (Phi) is 8.77. The van der Waals surface area contributed by atoms with Crippen molar-refractivity contribution < 1.29 is 13.2 Å². The highest BCUT2D eigenvalue weighted by Gasteiger charge is 2.35. The summed E-state index contributed by atoms with van der Waals surface area (Å²) in [4.78, 5) is 24.4. The van der Waals surface area contributed by atoms with Crippen LogP contribution >= 0.6 is 0 Å². The minimum atomic E-state index is -4.51. The lowest BCUT2D eigenvalue weighted by Crippen LogP contribution is -2.47. The summed E-state index contributed by atoms with van der Waals surface area (Å²) < 4.78 is 43.2. The molecular weight excluding hydrogens is 655 g/mol. The summed E-state index contributed by atoms with van der Waals surface area (Å²) in [5, 5.41) is 8.23. The van der Waals surface area contributed by atoms with Crippen LogP contribution in [0.5, 0.6) is 0 Å². The fourth-order valence-electron chi connectivity index (χ4n) is 7.07. The van der Waals surface area contributed by atoms with Crippen molar-refractivity contribution in [2.24, 2.45) is 0 Å². The first-order chi connectivity index (χ1) is 24.4. The van der Waals surface area contributed by atoms with Crippen LogP contribution in [0.15, 0.2) is 79.7 Å². The van der Waals surface area contributed by atoms with Gasteiger partial charge in [-0.15, -0.1) is 5.10 Å². The topological polar surface area (TPSA) is 117 Å². The molecule has 264 valence electrons. The van der Waals surface area contributed by atoms with Crippen molar-refractivity contribution in [2.45, 2.75) is 45.7 Å². The van der Waals surface area contributed by atoms with Gasteiger partial charge in [0.05, 0.1) is 46.1 Å². The van der Waals surface area contributed by atoms with E-state index < -0.39 is 11.7 Å². The highest BCUT2D eigenvalue weighted by atomic mass is 19.4. The number of nitrogens with one attached hydrogen (secondary N) is 1. The summed E-state index contributed by atoms with van der Waals surface area (Å²) in [6, 6.07) is 5.40. The summed E-state index contributed by atoms with van der Waals surface area (Å²) in [6.07, 6.45) is 4.75. The van der Waals surface area contributed by atoms with Crippen molar-refractivity contribution in [3.05, 3.63) is 102 Å². The highest BCUT2D eigenvalue weighted by molar-refractivity contribution is 5.93. The van der Waals surface area contributed by atoms with E-state index in [0.717, 1.165) is 71.4 Å². The monoisotopic (exact) mass is 695 g/mol. The molecule has 7 rings (SSSR count). The van der Waals surface area contributed by atoms with E-state index in [1.807, 2.05) is 18.7 Å². The average molecular weight is 696 g/mol. The molecule has 1 aromatic carbocycles. The quantitative estimate of drug-likeness (QED) is 0.201. The Morgan fingerprint density at radius 1 is 1.02 bits per heavy atom. The lowest BCUT2D eigenvalue weighted by molar-refractivity contribution is -0.136. The molecule has 11 nitrogen and oxygen atoms in total. The molecule has 0 bridgehead atoms. The predicted octanol–water partition coefficient (Wildman–Crippen LogP) is 6.92. The number of aromatic nitrogens is 6. The number of nitrogens with zero attached hydrogens (tertiary/aromatic N) is 9. The van der Waals surface area contributed by atoms with Crippen molar-refractivity contribution in [3.63, 3.8) is 0 Å². The zero-order valence-corrected chi connectivity index (χ0v) is 28.8. The van der Waals surface area contributed by atoms with Gasteiger partial charge in [-0.3, -0.25) is 4.98 Å². The molecule has 1 saturated heterocycles. The van der Waals surface area contributed by atoms with E-state index in [-0.39, 0.29) is 17.4 Å². The van der Waals surface area contributed by atoms with Gasteiger partial charge in [0.15, 0.2) is 5.82 Å². The molecule has 0 spiro atoms. The summed E-state index contributed by atoms with van der Waals surface area (Å²) in [5.41, 5.74) is 12.5. The molecule has 51 heavy (non-hydrogen) atoms. The van der Waals surface area contributed by atoms with E-state index >= 15 is 0 Å². The van der Waals surface area contributed by atoms with Gasteiger partial charge in [0.25, 0.3) is 0 Å². The molecule has 3 N–H and O–H groups in total. The third-order valence-corrected chi connectivity index (χ3v) is 9.80. The van der Waals surface area contributed by atoms with E-state index in [1.54, 1.807) is 4.68 Å². The summed E-state index contributed by atoms with van der Waals surface area (Å²) in [6.45, 7) is 20.1. The van der Waals surface area contributed by atoms with Crippen LogP contribution in [-0.2, 0) is 6.18 Å². The van der Waals surface area contributed by atoms with Gasteiger partial charge in [-0.25, -0.2) is 9.97 Å². The smallest absolute Gasteiger partial charge is 0.383 e. The Bertz CT molecular complexity index is 2120. The maximum absolute atomic E-state index is 13.8. The standard InChI is InChI=1S/C37H40F3N11/c1-22(45-30-14-13-29(37(38,39)40)28-12-9-15-42-32(28)30)20-50-25(4)33(26(5)51-36(50)46-35(47-51)27-10-7-6-8-11-27)49-18-16-48(17-19-49)24(3)31-23(2)34(41)44-21-43-31/h9-10,12-15,21,45H,1,3,5-8,11,16-20H2,2,4H3,(H2,41,43,44). The van der Waals surface area contributed by atoms with Crippen molar-refractivity contribution in [2.75, 3.05) is 48.7 Å². The van der Waals surface area contributed by atoms with Gasteiger partial charge >= 0.3 is 6.18 Å². The fourth-order valence-corrected chi connectivity index (χ4v) is 7.07. The van der Waals surface area contributed by atoms with Gasteiger partial charge < -0.3 is 25.8 Å². The minimum Gasteiger partial charge on any atom is -0.383 e. The van der Waals surface area contributed by atoms with Crippen LogP contribution in [-0.4, -0.2) is 72.2 Å². The van der Waals surface area contributed by atoms with E-state index in [4.69, 9.17) is 15.8 Å². The molecule has 1 fully saturated rings. The third kappa shape index (κ3) is 6.30. The van der Waals surface area contributed by atoms with Crippen LogP contribution in [0.25, 0.3) is 27.9 Å². The predicted molar refractivity (Wildman–Crippen MR) is 195 cm³/mol. The van der Waals surface area contributed by atoms with Crippen LogP contribution in [0.2, 0.25) is 0 Å². The number of alkyl halides is 3. The maximum atomic E-state index is 13.8. The summed E-state index contributed by atoms with van der Waals surface area (Å²) in [7, 11) is 0. The van der Waals surface area contributed by atoms with E-state index in [9.17, 15) is 13.2 Å². The number of halogens is 3. The minimum absolute atomic E-state index is 0.0146. The fraction of sp³-hybridized carbons (Fsp3) is 0.324. The molecule has 2 aliphatic heterocycles. The molecule has 0 amide bonds. The molecule has 0 radical (unpaired) electrons.